The monoisotopic (exact) mass is 616 g/mol. The number of anilines is 2. The third-order valence-corrected chi connectivity index (χ3v) is 9.95. The second kappa shape index (κ2) is 11.4. The second-order valence-corrected chi connectivity index (χ2v) is 12.8. The summed E-state index contributed by atoms with van der Waals surface area (Å²) in [5.74, 6) is -1.47. The van der Waals surface area contributed by atoms with Crippen LogP contribution in [0.3, 0.4) is 0 Å². The second-order valence-electron chi connectivity index (χ2n) is 10.8. The lowest BCUT2D eigenvalue weighted by Crippen LogP contribution is -2.51. The molecular formula is C29H31ClF2N6O3S. The molecule has 0 amide bonds. The Bertz CT molecular complexity index is 1750. The number of sulfonamides is 1. The lowest BCUT2D eigenvalue weighted by Gasteiger charge is -2.35. The molecule has 222 valence electrons. The van der Waals surface area contributed by atoms with Gasteiger partial charge >= 0.3 is 0 Å². The summed E-state index contributed by atoms with van der Waals surface area (Å²) < 4.78 is 65.8. The van der Waals surface area contributed by atoms with Crippen LogP contribution in [0.1, 0.15) is 44.1 Å². The molecule has 1 saturated carbocycles. The SMILES string of the molecule is CCn1nc(-c2cc(F)c(NS(=O)(=O)c3ccccc3Cl)cc2F)c2c(N)ncc([C@H]3CC[C@H](NC4COC4)CC3)c21. The van der Waals surface area contributed by atoms with Gasteiger partial charge in [0.15, 0.2) is 0 Å². The summed E-state index contributed by atoms with van der Waals surface area (Å²) in [4.78, 5) is 4.18. The lowest BCUT2D eigenvalue weighted by molar-refractivity contribution is -0.0121. The molecule has 2 fully saturated rings. The number of pyridine rings is 1. The predicted octanol–water partition coefficient (Wildman–Crippen LogP) is 5.45. The van der Waals surface area contributed by atoms with Crippen LogP contribution >= 0.6 is 11.6 Å². The molecule has 0 radical (unpaired) electrons. The van der Waals surface area contributed by atoms with Gasteiger partial charge in [-0.25, -0.2) is 22.2 Å². The van der Waals surface area contributed by atoms with E-state index < -0.39 is 27.3 Å². The summed E-state index contributed by atoms with van der Waals surface area (Å²) >= 11 is 6.02. The van der Waals surface area contributed by atoms with Gasteiger partial charge in [0.25, 0.3) is 10.0 Å². The van der Waals surface area contributed by atoms with Crippen molar-refractivity contribution in [2.75, 3.05) is 23.7 Å². The Balaban J connectivity index is 1.34. The van der Waals surface area contributed by atoms with Crippen LogP contribution in [0, 0.1) is 11.6 Å². The minimum Gasteiger partial charge on any atom is -0.383 e. The number of nitrogens with two attached hydrogens (primary N) is 1. The Kier molecular flexibility index (Phi) is 7.81. The fraction of sp³-hybridized carbons (Fsp3) is 0.379. The maximum atomic E-state index is 15.6. The van der Waals surface area contributed by atoms with E-state index in [4.69, 9.17) is 22.1 Å². The number of nitrogens with zero attached hydrogens (tertiary/aromatic N) is 3. The van der Waals surface area contributed by atoms with Crippen molar-refractivity contribution in [2.24, 2.45) is 0 Å². The molecule has 2 aromatic carbocycles. The molecule has 0 atom stereocenters. The van der Waals surface area contributed by atoms with E-state index in [0.717, 1.165) is 62.1 Å². The van der Waals surface area contributed by atoms with Gasteiger partial charge in [-0.05, 0) is 62.3 Å². The highest BCUT2D eigenvalue weighted by molar-refractivity contribution is 7.92. The third kappa shape index (κ3) is 5.32. The molecule has 13 heteroatoms. The van der Waals surface area contributed by atoms with E-state index in [0.29, 0.717) is 24.0 Å². The smallest absolute Gasteiger partial charge is 0.263 e. The number of nitrogen functional groups attached to an aromatic ring is 1. The van der Waals surface area contributed by atoms with Crippen molar-refractivity contribution in [3.8, 4) is 11.3 Å². The van der Waals surface area contributed by atoms with E-state index in [1.54, 1.807) is 16.9 Å². The fourth-order valence-electron chi connectivity index (χ4n) is 5.88. The molecule has 1 aliphatic carbocycles. The van der Waals surface area contributed by atoms with E-state index in [2.05, 4.69) is 20.1 Å². The van der Waals surface area contributed by atoms with Crippen molar-refractivity contribution in [3.05, 3.63) is 64.8 Å². The molecule has 4 N–H and O–H groups in total. The van der Waals surface area contributed by atoms with Crippen molar-refractivity contribution in [3.63, 3.8) is 0 Å². The standard InChI is InChI=1S/C29H31ClF2N6O3S/c1-2-38-28-20(16-7-9-17(10-8-16)35-18-14-41-15-18)13-34-29(33)26(28)27(36-38)19-11-23(32)24(12-22(19)31)37-42(39,40)25-6-4-3-5-21(25)30/h3-6,11-13,16-18,35,37H,2,7-10,14-15H2,1H3,(H2,33,34)/t16-,17-. The van der Waals surface area contributed by atoms with Crippen LogP contribution in [0.25, 0.3) is 22.2 Å². The number of rotatable bonds is 8. The Hall–Kier alpha value is -3.32. The van der Waals surface area contributed by atoms with Crippen LogP contribution in [0.2, 0.25) is 5.02 Å². The molecule has 9 nitrogen and oxygen atoms in total. The number of ether oxygens (including phenoxy) is 1. The Morgan fingerprint density at radius 1 is 1.10 bits per heavy atom. The summed E-state index contributed by atoms with van der Waals surface area (Å²) in [6.07, 6.45) is 5.67. The molecule has 1 aliphatic heterocycles. The van der Waals surface area contributed by atoms with Crippen molar-refractivity contribution in [1.82, 2.24) is 20.1 Å². The van der Waals surface area contributed by atoms with Crippen LogP contribution in [-0.2, 0) is 21.3 Å². The van der Waals surface area contributed by atoms with Gasteiger partial charge < -0.3 is 15.8 Å². The topological polar surface area (TPSA) is 124 Å². The molecule has 0 unspecified atom stereocenters. The number of nitrogens with one attached hydrogen (secondary N) is 2. The van der Waals surface area contributed by atoms with Crippen LogP contribution in [-0.4, -0.2) is 48.5 Å². The van der Waals surface area contributed by atoms with Crippen LogP contribution in [0.5, 0.6) is 0 Å². The molecular weight excluding hydrogens is 586 g/mol. The number of halogens is 3. The average Bonchev–Trinajstić information content (AvgIpc) is 3.34. The van der Waals surface area contributed by atoms with Crippen molar-refractivity contribution in [2.45, 2.75) is 62.0 Å². The zero-order valence-electron chi connectivity index (χ0n) is 22.9. The van der Waals surface area contributed by atoms with Gasteiger partial charge in [0.05, 0.1) is 40.9 Å². The van der Waals surface area contributed by atoms with Gasteiger partial charge in [0.1, 0.15) is 28.0 Å². The molecule has 3 heterocycles. The summed E-state index contributed by atoms with van der Waals surface area (Å²) in [7, 11) is -4.28. The minimum absolute atomic E-state index is 0.0458. The molecule has 4 aromatic rings. The Morgan fingerprint density at radius 2 is 1.83 bits per heavy atom. The van der Waals surface area contributed by atoms with E-state index in [1.807, 2.05) is 6.92 Å². The number of aryl methyl sites for hydroxylation is 1. The van der Waals surface area contributed by atoms with Gasteiger partial charge in [-0.3, -0.25) is 9.40 Å². The summed E-state index contributed by atoms with van der Waals surface area (Å²) in [6.45, 7) is 3.91. The highest BCUT2D eigenvalue weighted by Gasteiger charge is 2.30. The van der Waals surface area contributed by atoms with E-state index in [9.17, 15) is 8.42 Å². The minimum atomic E-state index is -4.28. The summed E-state index contributed by atoms with van der Waals surface area (Å²) in [5.41, 5.74) is 7.52. The molecule has 1 saturated heterocycles. The van der Waals surface area contributed by atoms with Crippen molar-refractivity contribution < 1.29 is 21.9 Å². The molecule has 42 heavy (non-hydrogen) atoms. The van der Waals surface area contributed by atoms with Gasteiger partial charge in [-0.2, -0.15) is 5.10 Å². The molecule has 2 aromatic heterocycles. The fourth-order valence-corrected chi connectivity index (χ4v) is 7.46. The molecule has 6 rings (SSSR count). The van der Waals surface area contributed by atoms with Crippen LogP contribution in [0.4, 0.5) is 20.3 Å². The number of hydrogen-bond acceptors (Lipinski definition) is 7. The lowest BCUT2D eigenvalue weighted by atomic mass is 9.81. The third-order valence-electron chi connectivity index (χ3n) is 8.08. The highest BCUT2D eigenvalue weighted by atomic mass is 35.5. The zero-order chi connectivity index (χ0) is 29.6. The predicted molar refractivity (Wildman–Crippen MR) is 158 cm³/mol. The maximum absolute atomic E-state index is 15.6. The highest BCUT2D eigenvalue weighted by Crippen LogP contribution is 2.41. The number of fused-ring (bicyclic) bond motifs is 1. The van der Waals surface area contributed by atoms with Crippen molar-refractivity contribution >= 4 is 44.0 Å². The largest absolute Gasteiger partial charge is 0.383 e. The number of benzene rings is 2. The van der Waals surface area contributed by atoms with Crippen LogP contribution in [0.15, 0.2) is 47.5 Å². The number of aromatic nitrogens is 3. The molecule has 0 bridgehead atoms. The van der Waals surface area contributed by atoms with Gasteiger partial charge in [0.2, 0.25) is 0 Å². The van der Waals surface area contributed by atoms with E-state index in [1.165, 1.54) is 18.2 Å². The first-order valence-electron chi connectivity index (χ1n) is 13.9. The van der Waals surface area contributed by atoms with Crippen molar-refractivity contribution in [1.29, 1.82) is 0 Å². The normalized spacial score (nSPS) is 19.6. The van der Waals surface area contributed by atoms with Crippen LogP contribution < -0.4 is 15.8 Å². The quantitative estimate of drug-likeness (QED) is 0.241. The first-order chi connectivity index (χ1) is 20.2. The Labute approximate surface area is 247 Å². The van der Waals surface area contributed by atoms with Gasteiger partial charge in [-0.1, -0.05) is 23.7 Å². The number of hydrogen-bond donors (Lipinski definition) is 3. The first-order valence-corrected chi connectivity index (χ1v) is 15.8. The van der Waals surface area contributed by atoms with E-state index in [-0.39, 0.29) is 32.9 Å². The van der Waals surface area contributed by atoms with Gasteiger partial charge in [-0.15, -0.1) is 0 Å². The van der Waals surface area contributed by atoms with E-state index >= 15 is 8.78 Å². The molecule has 0 spiro atoms. The summed E-state index contributed by atoms with van der Waals surface area (Å²) in [6, 6.07) is 8.30. The average molecular weight is 617 g/mol. The zero-order valence-corrected chi connectivity index (χ0v) is 24.5. The molecule has 2 aliphatic rings. The first kappa shape index (κ1) is 28.8. The van der Waals surface area contributed by atoms with Gasteiger partial charge in [0, 0.05) is 30.4 Å². The Morgan fingerprint density at radius 3 is 2.50 bits per heavy atom. The maximum Gasteiger partial charge on any atom is 0.263 e. The summed E-state index contributed by atoms with van der Waals surface area (Å²) in [5, 5.41) is 8.70.